The molecule has 1 N–H and O–H groups in total. The second kappa shape index (κ2) is 6.13. The smallest absolute Gasteiger partial charge is 0.320 e. The van der Waals surface area contributed by atoms with Crippen LogP contribution in [0.2, 0.25) is 5.02 Å². The lowest BCUT2D eigenvalue weighted by Gasteiger charge is -2.19. The molecule has 2 aromatic rings. The third-order valence-corrected chi connectivity index (χ3v) is 4.94. The number of carboxylic acid groups (broad SMARTS) is 1. The van der Waals surface area contributed by atoms with E-state index in [-0.39, 0.29) is 6.04 Å². The van der Waals surface area contributed by atoms with E-state index in [9.17, 15) is 9.90 Å². The van der Waals surface area contributed by atoms with Crippen LogP contribution in [0.15, 0.2) is 30.5 Å². The van der Waals surface area contributed by atoms with Crippen molar-refractivity contribution in [1.29, 1.82) is 0 Å². The van der Waals surface area contributed by atoms with E-state index in [4.69, 9.17) is 11.6 Å². The lowest BCUT2D eigenvalue weighted by atomic mass is 10.2. The highest BCUT2D eigenvalue weighted by Crippen LogP contribution is 2.28. The van der Waals surface area contributed by atoms with E-state index in [0.29, 0.717) is 11.6 Å². The molecule has 0 bridgehead atoms. The number of nitrogens with zero attached hydrogens (tertiary/aromatic N) is 2. The Hall–Kier alpha value is -1.43. The van der Waals surface area contributed by atoms with E-state index >= 15 is 0 Å². The molecular weight excluding hydrogens is 308 g/mol. The first-order chi connectivity index (χ1) is 10.1. The van der Waals surface area contributed by atoms with Crippen molar-refractivity contribution in [1.82, 2.24) is 9.88 Å². The van der Waals surface area contributed by atoms with Gasteiger partial charge in [0.15, 0.2) is 0 Å². The number of aromatic nitrogens is 1. The molecular formula is C15H15ClN2O2S. The maximum atomic E-state index is 11.2. The monoisotopic (exact) mass is 322 g/mol. The molecule has 1 aromatic carbocycles. The summed E-state index contributed by atoms with van der Waals surface area (Å²) in [5.41, 5.74) is 1.03. The van der Waals surface area contributed by atoms with Crippen LogP contribution in [0.25, 0.3) is 10.6 Å². The molecule has 3 rings (SSSR count). The summed E-state index contributed by atoms with van der Waals surface area (Å²) < 4.78 is 0. The molecule has 0 unspecified atom stereocenters. The molecule has 1 saturated heterocycles. The number of halogens is 1. The fourth-order valence-electron chi connectivity index (χ4n) is 2.60. The van der Waals surface area contributed by atoms with Gasteiger partial charge in [-0.2, -0.15) is 0 Å². The molecule has 1 aliphatic heterocycles. The van der Waals surface area contributed by atoms with Crippen molar-refractivity contribution in [3.05, 3.63) is 40.4 Å². The first kappa shape index (κ1) is 14.5. The quantitative estimate of drug-likeness (QED) is 0.936. The van der Waals surface area contributed by atoms with Crippen molar-refractivity contribution >= 4 is 28.9 Å². The Morgan fingerprint density at radius 1 is 1.43 bits per heavy atom. The zero-order valence-corrected chi connectivity index (χ0v) is 12.9. The van der Waals surface area contributed by atoms with Crippen LogP contribution in [0.4, 0.5) is 0 Å². The Kier molecular flexibility index (Phi) is 4.24. The molecule has 0 aliphatic carbocycles. The van der Waals surface area contributed by atoms with Gasteiger partial charge in [0.25, 0.3) is 0 Å². The number of likely N-dealkylation sites (tertiary alicyclic amines) is 1. The van der Waals surface area contributed by atoms with Crippen LogP contribution in [-0.2, 0) is 11.3 Å². The van der Waals surface area contributed by atoms with Crippen molar-refractivity contribution in [3.63, 3.8) is 0 Å². The van der Waals surface area contributed by atoms with E-state index in [1.807, 2.05) is 35.4 Å². The Balaban J connectivity index is 1.73. The molecule has 1 aromatic heterocycles. The topological polar surface area (TPSA) is 53.4 Å². The molecule has 0 amide bonds. The number of carbonyl (C=O) groups is 1. The number of carboxylic acids is 1. The third-order valence-electron chi connectivity index (χ3n) is 3.65. The summed E-state index contributed by atoms with van der Waals surface area (Å²) in [6.07, 6.45) is 3.52. The highest BCUT2D eigenvalue weighted by atomic mass is 35.5. The molecule has 110 valence electrons. The summed E-state index contributed by atoms with van der Waals surface area (Å²) >= 11 is 7.49. The number of hydrogen-bond donors (Lipinski definition) is 1. The van der Waals surface area contributed by atoms with Crippen molar-refractivity contribution in [2.45, 2.75) is 25.4 Å². The Bertz CT molecular complexity index is 641. The van der Waals surface area contributed by atoms with Gasteiger partial charge in [0.2, 0.25) is 0 Å². The second-order valence-corrected chi connectivity index (χ2v) is 6.66. The highest BCUT2D eigenvalue weighted by Gasteiger charge is 2.30. The standard InChI is InChI=1S/C15H15ClN2O2S/c16-11-5-3-10(4-6-11)14-17-8-12(21-14)9-18-7-1-2-13(18)15(19)20/h3-6,8,13H,1-2,7,9H2,(H,19,20)/t13-/m0/s1. The van der Waals surface area contributed by atoms with Gasteiger partial charge < -0.3 is 5.11 Å². The summed E-state index contributed by atoms with van der Waals surface area (Å²) in [6.45, 7) is 1.49. The van der Waals surface area contributed by atoms with Crippen LogP contribution in [0.3, 0.4) is 0 Å². The van der Waals surface area contributed by atoms with Crippen molar-refractivity contribution in [2.24, 2.45) is 0 Å². The molecule has 4 nitrogen and oxygen atoms in total. The van der Waals surface area contributed by atoms with Gasteiger partial charge in [0.05, 0.1) is 0 Å². The van der Waals surface area contributed by atoms with Gasteiger partial charge in [-0.3, -0.25) is 9.69 Å². The van der Waals surface area contributed by atoms with Crippen LogP contribution in [0, 0.1) is 0 Å². The largest absolute Gasteiger partial charge is 0.480 e. The van der Waals surface area contributed by atoms with E-state index in [1.165, 1.54) is 0 Å². The van der Waals surface area contributed by atoms with E-state index in [0.717, 1.165) is 34.8 Å². The number of aliphatic carboxylic acids is 1. The second-order valence-electron chi connectivity index (χ2n) is 5.11. The molecule has 21 heavy (non-hydrogen) atoms. The minimum absolute atomic E-state index is 0.355. The lowest BCUT2D eigenvalue weighted by molar-refractivity contribution is -0.142. The van der Waals surface area contributed by atoms with Gasteiger partial charge in [0, 0.05) is 28.2 Å². The van der Waals surface area contributed by atoms with Crippen LogP contribution < -0.4 is 0 Å². The third kappa shape index (κ3) is 3.26. The van der Waals surface area contributed by atoms with E-state index in [1.54, 1.807) is 11.3 Å². The van der Waals surface area contributed by atoms with E-state index in [2.05, 4.69) is 4.98 Å². The van der Waals surface area contributed by atoms with Crippen LogP contribution in [0.1, 0.15) is 17.7 Å². The number of thiazole rings is 1. The van der Waals surface area contributed by atoms with E-state index < -0.39 is 5.97 Å². The Morgan fingerprint density at radius 3 is 2.90 bits per heavy atom. The number of benzene rings is 1. The molecule has 0 spiro atoms. The number of rotatable bonds is 4. The Morgan fingerprint density at radius 2 is 2.19 bits per heavy atom. The molecule has 0 saturated carbocycles. The molecule has 1 atom stereocenters. The zero-order valence-electron chi connectivity index (χ0n) is 11.3. The summed E-state index contributed by atoms with van der Waals surface area (Å²) in [6, 6.07) is 7.23. The average Bonchev–Trinajstić information content (AvgIpc) is 3.09. The molecule has 2 heterocycles. The minimum atomic E-state index is -0.727. The van der Waals surface area contributed by atoms with Crippen LogP contribution in [0.5, 0.6) is 0 Å². The normalized spacial score (nSPS) is 19.0. The summed E-state index contributed by atoms with van der Waals surface area (Å²) in [4.78, 5) is 18.7. The summed E-state index contributed by atoms with van der Waals surface area (Å²) in [7, 11) is 0. The van der Waals surface area contributed by atoms with Gasteiger partial charge in [-0.15, -0.1) is 11.3 Å². The van der Waals surface area contributed by atoms with Crippen molar-refractivity contribution < 1.29 is 9.90 Å². The van der Waals surface area contributed by atoms with Crippen molar-refractivity contribution in [2.75, 3.05) is 6.54 Å². The van der Waals surface area contributed by atoms with Crippen LogP contribution in [-0.4, -0.2) is 33.5 Å². The minimum Gasteiger partial charge on any atom is -0.480 e. The zero-order chi connectivity index (χ0) is 14.8. The van der Waals surface area contributed by atoms with Gasteiger partial charge in [-0.25, -0.2) is 4.98 Å². The first-order valence-corrected chi connectivity index (χ1v) is 8.00. The fourth-order valence-corrected chi connectivity index (χ4v) is 3.67. The molecule has 0 radical (unpaired) electrons. The lowest BCUT2D eigenvalue weighted by Crippen LogP contribution is -2.35. The molecule has 1 aliphatic rings. The average molecular weight is 323 g/mol. The summed E-state index contributed by atoms with van der Waals surface area (Å²) in [5.74, 6) is -0.727. The summed E-state index contributed by atoms with van der Waals surface area (Å²) in [5, 5.41) is 10.8. The Labute approximate surface area is 132 Å². The SMILES string of the molecule is O=C(O)[C@@H]1CCCN1Cc1cnc(-c2ccc(Cl)cc2)s1. The fraction of sp³-hybridized carbons (Fsp3) is 0.333. The van der Waals surface area contributed by atoms with Gasteiger partial charge in [0.1, 0.15) is 11.0 Å². The predicted molar refractivity (Wildman–Crippen MR) is 83.6 cm³/mol. The van der Waals surface area contributed by atoms with Gasteiger partial charge >= 0.3 is 5.97 Å². The first-order valence-electron chi connectivity index (χ1n) is 6.81. The molecule has 1 fully saturated rings. The van der Waals surface area contributed by atoms with Gasteiger partial charge in [-0.1, -0.05) is 23.7 Å². The maximum absolute atomic E-state index is 11.2. The number of hydrogen-bond acceptors (Lipinski definition) is 4. The predicted octanol–water partition coefficient (Wildman–Crippen LogP) is 3.51. The van der Waals surface area contributed by atoms with Crippen LogP contribution >= 0.6 is 22.9 Å². The molecule has 6 heteroatoms. The van der Waals surface area contributed by atoms with Gasteiger partial charge in [-0.05, 0) is 31.5 Å². The maximum Gasteiger partial charge on any atom is 0.320 e. The highest BCUT2D eigenvalue weighted by molar-refractivity contribution is 7.15. The van der Waals surface area contributed by atoms with Crippen molar-refractivity contribution in [3.8, 4) is 10.6 Å².